The molecule has 6 nitrogen and oxygen atoms in total. The number of aromatic nitrogens is 1. The molecule has 2 heterocycles. The highest BCUT2D eigenvalue weighted by molar-refractivity contribution is 7.18. The number of carbonyl (C=O) groups is 2. The number of carbonyl (C=O) groups excluding carboxylic acids is 1. The lowest BCUT2D eigenvalue weighted by molar-refractivity contribution is 0.0703. The number of benzene rings is 2. The van der Waals surface area contributed by atoms with Gasteiger partial charge in [-0.1, -0.05) is 53.5 Å². The van der Waals surface area contributed by atoms with E-state index in [1.54, 1.807) is 24.4 Å². The van der Waals surface area contributed by atoms with E-state index in [-0.39, 0.29) is 22.0 Å². The van der Waals surface area contributed by atoms with Crippen LogP contribution in [0.1, 0.15) is 38.8 Å². The van der Waals surface area contributed by atoms with Crippen molar-refractivity contribution in [3.63, 3.8) is 0 Å². The van der Waals surface area contributed by atoms with E-state index in [0.29, 0.717) is 10.7 Å². The molecule has 1 N–H and O–H groups in total. The Morgan fingerprint density at radius 1 is 1.00 bits per heavy atom. The smallest absolute Gasteiger partial charge is 0.348 e. The molecule has 0 spiro atoms. The zero-order valence-corrected chi connectivity index (χ0v) is 22.7. The molecule has 4 aromatic rings. The largest absolute Gasteiger partial charge is 0.477 e. The first-order valence-electron chi connectivity index (χ1n) is 11.2. The van der Waals surface area contributed by atoms with Gasteiger partial charge in [-0.15, -0.1) is 22.7 Å². The van der Waals surface area contributed by atoms with Crippen molar-refractivity contribution in [2.75, 3.05) is 22.9 Å². The average molecular weight is 561 g/mol. The van der Waals surface area contributed by atoms with Gasteiger partial charge in [0.05, 0.1) is 22.8 Å². The minimum Gasteiger partial charge on any atom is -0.477 e. The van der Waals surface area contributed by atoms with Crippen molar-refractivity contribution in [2.24, 2.45) is 0 Å². The number of nitrogens with zero attached hydrogens (tertiary/aromatic N) is 3. The number of aromatic carboxylic acids is 1. The van der Waals surface area contributed by atoms with Crippen LogP contribution in [0.4, 0.5) is 10.8 Å². The van der Waals surface area contributed by atoms with Crippen LogP contribution in [0.25, 0.3) is 10.4 Å². The monoisotopic (exact) mass is 559 g/mol. The second-order valence-electron chi connectivity index (χ2n) is 7.79. The highest BCUT2D eigenvalue weighted by Gasteiger charge is 2.28. The number of rotatable bonds is 9. The molecule has 0 atom stereocenters. The lowest BCUT2D eigenvalue weighted by Crippen LogP contribution is -2.31. The second kappa shape index (κ2) is 11.4. The van der Waals surface area contributed by atoms with Gasteiger partial charge in [-0.2, -0.15) is 0 Å². The summed E-state index contributed by atoms with van der Waals surface area (Å²) in [6.07, 6.45) is 1.73. The molecule has 2 aromatic carbocycles. The standard InChI is InChI=1S/C26H23Cl2N3O3S2/c1-3-30(4-2)26-29-14-18(35-26)15-31(24(32)19-11-10-17(27)12-20(19)28)21-13-22(36-23(21)25(33)34)16-8-6-5-7-9-16/h5-14H,3-4,15H2,1-2H3,(H,33,34). The van der Waals surface area contributed by atoms with Crippen molar-refractivity contribution in [2.45, 2.75) is 20.4 Å². The van der Waals surface area contributed by atoms with Crippen LogP contribution in [0.5, 0.6) is 0 Å². The van der Waals surface area contributed by atoms with Gasteiger partial charge in [0.2, 0.25) is 0 Å². The zero-order chi connectivity index (χ0) is 25.8. The summed E-state index contributed by atoms with van der Waals surface area (Å²) in [6.45, 7) is 5.86. The number of thiazole rings is 1. The first-order valence-corrected chi connectivity index (χ1v) is 13.6. The minimum absolute atomic E-state index is 0.0702. The summed E-state index contributed by atoms with van der Waals surface area (Å²) < 4.78 is 0. The Morgan fingerprint density at radius 3 is 2.36 bits per heavy atom. The normalized spacial score (nSPS) is 10.9. The maximum Gasteiger partial charge on any atom is 0.348 e. The quantitative estimate of drug-likeness (QED) is 0.229. The molecule has 0 fully saturated rings. The molecule has 0 aliphatic heterocycles. The van der Waals surface area contributed by atoms with Gasteiger partial charge in [-0.3, -0.25) is 4.79 Å². The van der Waals surface area contributed by atoms with E-state index in [9.17, 15) is 14.7 Å². The Morgan fingerprint density at radius 2 is 1.72 bits per heavy atom. The minimum atomic E-state index is -1.11. The molecule has 0 aliphatic rings. The van der Waals surface area contributed by atoms with Gasteiger partial charge in [-0.25, -0.2) is 9.78 Å². The lowest BCUT2D eigenvalue weighted by Gasteiger charge is -2.22. The molecule has 0 unspecified atom stereocenters. The molecule has 0 saturated carbocycles. The molecule has 186 valence electrons. The van der Waals surface area contributed by atoms with Crippen molar-refractivity contribution >= 4 is 68.6 Å². The molecule has 10 heteroatoms. The van der Waals surface area contributed by atoms with Gasteiger partial charge in [0, 0.05) is 34.1 Å². The summed E-state index contributed by atoms with van der Waals surface area (Å²) in [5, 5.41) is 11.5. The number of carboxylic acids is 1. The number of halogens is 2. The predicted molar refractivity (Wildman–Crippen MR) is 149 cm³/mol. The number of hydrogen-bond donors (Lipinski definition) is 1. The van der Waals surface area contributed by atoms with Crippen molar-refractivity contribution in [1.82, 2.24) is 4.98 Å². The van der Waals surface area contributed by atoms with Crippen LogP contribution in [-0.4, -0.2) is 35.1 Å². The molecular formula is C26H23Cl2N3O3S2. The summed E-state index contributed by atoms with van der Waals surface area (Å²) in [5.74, 6) is -1.53. The average Bonchev–Trinajstić information content (AvgIpc) is 3.51. The number of carboxylic acid groups (broad SMARTS) is 1. The molecule has 0 bridgehead atoms. The van der Waals surface area contributed by atoms with Gasteiger partial charge < -0.3 is 14.9 Å². The molecule has 0 saturated heterocycles. The summed E-state index contributed by atoms with van der Waals surface area (Å²) in [4.78, 5) is 35.9. The Bertz CT molecular complexity index is 1380. The first-order chi connectivity index (χ1) is 17.3. The first kappa shape index (κ1) is 26.2. The Hall–Kier alpha value is -2.91. The molecule has 0 radical (unpaired) electrons. The fourth-order valence-electron chi connectivity index (χ4n) is 3.72. The SMILES string of the molecule is CCN(CC)c1ncc(CN(C(=O)c2ccc(Cl)cc2Cl)c2cc(-c3ccccc3)sc2C(=O)O)s1. The van der Waals surface area contributed by atoms with E-state index < -0.39 is 11.9 Å². The van der Waals surface area contributed by atoms with Gasteiger partial charge in [0.1, 0.15) is 4.88 Å². The Kier molecular flexibility index (Phi) is 8.31. The summed E-state index contributed by atoms with van der Waals surface area (Å²) in [6, 6.07) is 15.9. The van der Waals surface area contributed by atoms with Gasteiger partial charge >= 0.3 is 5.97 Å². The summed E-state index contributed by atoms with van der Waals surface area (Å²) >= 11 is 15.0. The van der Waals surface area contributed by atoms with Crippen LogP contribution in [0.3, 0.4) is 0 Å². The molecule has 2 aromatic heterocycles. The van der Waals surface area contributed by atoms with Crippen molar-refractivity contribution in [1.29, 1.82) is 0 Å². The third-order valence-corrected chi connectivity index (χ3v) is 8.30. The number of hydrogen-bond acceptors (Lipinski definition) is 6. The van der Waals surface area contributed by atoms with Crippen LogP contribution < -0.4 is 9.80 Å². The fraction of sp³-hybridized carbons (Fsp3) is 0.192. The van der Waals surface area contributed by atoms with E-state index in [1.807, 2.05) is 30.3 Å². The summed E-state index contributed by atoms with van der Waals surface area (Å²) in [5.41, 5.74) is 1.41. The van der Waals surface area contributed by atoms with Crippen molar-refractivity contribution in [3.05, 3.63) is 86.2 Å². The van der Waals surface area contributed by atoms with Gasteiger partial charge in [0.15, 0.2) is 5.13 Å². The maximum atomic E-state index is 13.8. The van der Waals surface area contributed by atoms with E-state index in [0.717, 1.165) is 44.9 Å². The summed E-state index contributed by atoms with van der Waals surface area (Å²) in [7, 11) is 0. The van der Waals surface area contributed by atoms with Crippen molar-refractivity contribution in [3.8, 4) is 10.4 Å². The van der Waals surface area contributed by atoms with E-state index in [1.165, 1.54) is 22.3 Å². The van der Waals surface area contributed by atoms with Crippen molar-refractivity contribution < 1.29 is 14.7 Å². The molecule has 36 heavy (non-hydrogen) atoms. The number of thiophene rings is 1. The topological polar surface area (TPSA) is 73.7 Å². The lowest BCUT2D eigenvalue weighted by atomic mass is 10.1. The van der Waals surface area contributed by atoms with Crippen LogP contribution >= 0.6 is 45.9 Å². The molecular weight excluding hydrogens is 537 g/mol. The van der Waals surface area contributed by atoms with E-state index in [4.69, 9.17) is 23.2 Å². The van der Waals surface area contributed by atoms with Crippen LogP contribution in [0.2, 0.25) is 10.0 Å². The van der Waals surface area contributed by atoms with Gasteiger partial charge in [-0.05, 0) is 43.7 Å². The van der Waals surface area contributed by atoms with Gasteiger partial charge in [0.25, 0.3) is 5.91 Å². The third kappa shape index (κ3) is 5.57. The number of anilines is 2. The third-order valence-electron chi connectivity index (χ3n) is 5.55. The predicted octanol–water partition coefficient (Wildman–Crippen LogP) is 7.57. The second-order valence-corrected chi connectivity index (χ2v) is 10.8. The Balaban J connectivity index is 1.82. The van der Waals surface area contributed by atoms with E-state index in [2.05, 4.69) is 23.7 Å². The molecule has 1 amide bonds. The Labute approximate surface area is 227 Å². The fourth-order valence-corrected chi connectivity index (χ4v) is 6.24. The molecule has 0 aliphatic carbocycles. The van der Waals surface area contributed by atoms with Crippen LogP contribution in [0, 0.1) is 0 Å². The maximum absolute atomic E-state index is 13.8. The number of amides is 1. The van der Waals surface area contributed by atoms with E-state index >= 15 is 0 Å². The zero-order valence-electron chi connectivity index (χ0n) is 19.6. The molecule has 4 rings (SSSR count). The van der Waals surface area contributed by atoms with Crippen LogP contribution in [-0.2, 0) is 6.54 Å². The van der Waals surface area contributed by atoms with Crippen LogP contribution in [0.15, 0.2) is 60.8 Å². The highest BCUT2D eigenvalue weighted by atomic mass is 35.5. The highest BCUT2D eigenvalue weighted by Crippen LogP contribution is 2.39.